The van der Waals surface area contributed by atoms with E-state index in [0.717, 1.165) is 24.9 Å². The Bertz CT molecular complexity index is 1560. The quantitative estimate of drug-likeness (QED) is 0.0983. The molecule has 0 saturated carbocycles. The Morgan fingerprint density at radius 3 is 2.07 bits per heavy atom. The van der Waals surface area contributed by atoms with Gasteiger partial charge in [-0.3, -0.25) is 14.7 Å². The number of para-hydroxylation sites is 1. The number of anilines is 3. The lowest BCUT2D eigenvalue weighted by Crippen LogP contribution is -2.19. The highest BCUT2D eigenvalue weighted by atomic mass is 35.5. The molecule has 0 unspecified atom stereocenters. The van der Waals surface area contributed by atoms with Gasteiger partial charge < -0.3 is 10.6 Å². The van der Waals surface area contributed by atoms with Crippen molar-refractivity contribution in [2.45, 2.75) is 90.9 Å². The lowest BCUT2D eigenvalue weighted by Gasteiger charge is -2.08. The van der Waals surface area contributed by atoms with Crippen LogP contribution < -0.4 is 16.2 Å². The monoisotopic (exact) mass is 658 g/mol. The van der Waals surface area contributed by atoms with Crippen LogP contribution in [-0.4, -0.2) is 25.5 Å². The van der Waals surface area contributed by atoms with Crippen molar-refractivity contribution < 1.29 is 4.79 Å². The van der Waals surface area contributed by atoms with Crippen molar-refractivity contribution in [2.75, 3.05) is 10.6 Å². The molecule has 8 nitrogen and oxygen atoms in total. The molecule has 236 valence electrons. The van der Waals surface area contributed by atoms with Gasteiger partial charge in [-0.1, -0.05) is 124 Å². The van der Waals surface area contributed by atoms with Gasteiger partial charge in [0.15, 0.2) is 11.5 Å². The van der Waals surface area contributed by atoms with Gasteiger partial charge >= 0.3 is 0 Å². The summed E-state index contributed by atoms with van der Waals surface area (Å²) in [6.07, 6.45) is 15.6. The third kappa shape index (κ3) is 9.16. The van der Waals surface area contributed by atoms with Crippen LogP contribution >= 0.6 is 34.8 Å². The molecule has 11 heteroatoms. The summed E-state index contributed by atoms with van der Waals surface area (Å²) >= 11 is 19.0. The molecule has 2 heterocycles. The number of carbonyl (C=O) groups excluding carboxylic acids is 1. The second-order valence-electron chi connectivity index (χ2n) is 11.1. The second-order valence-corrected chi connectivity index (χ2v) is 12.3. The molecule has 0 fully saturated rings. The predicted molar refractivity (Wildman–Crippen MR) is 183 cm³/mol. The van der Waals surface area contributed by atoms with E-state index in [1.54, 1.807) is 13.1 Å². The highest BCUT2D eigenvalue weighted by molar-refractivity contribution is 6.40. The van der Waals surface area contributed by atoms with E-state index in [0.29, 0.717) is 28.6 Å². The number of H-pyrrole nitrogens is 1. The van der Waals surface area contributed by atoms with E-state index in [4.69, 9.17) is 34.8 Å². The lowest BCUT2D eigenvalue weighted by molar-refractivity contribution is -0.116. The molecule has 0 radical (unpaired) electrons. The Morgan fingerprint density at radius 2 is 1.45 bits per heavy atom. The van der Waals surface area contributed by atoms with Crippen LogP contribution in [0.5, 0.6) is 0 Å². The van der Waals surface area contributed by atoms with Crippen molar-refractivity contribution in [3.63, 3.8) is 0 Å². The van der Waals surface area contributed by atoms with Gasteiger partial charge in [-0.05, 0) is 37.6 Å². The third-order valence-corrected chi connectivity index (χ3v) is 8.32. The van der Waals surface area contributed by atoms with Crippen LogP contribution in [-0.2, 0) is 4.79 Å². The molecule has 0 saturated heterocycles. The van der Waals surface area contributed by atoms with Gasteiger partial charge in [0.25, 0.3) is 5.56 Å². The average molecular weight is 660 g/mol. The minimum atomic E-state index is -0.448. The Kier molecular flexibility index (Phi) is 12.8. The summed E-state index contributed by atoms with van der Waals surface area (Å²) in [6.45, 7) is 4.03. The fourth-order valence-electron chi connectivity index (χ4n) is 5.16. The molecule has 0 atom stereocenters. The van der Waals surface area contributed by atoms with Crippen LogP contribution in [0.25, 0.3) is 11.4 Å². The van der Waals surface area contributed by atoms with Gasteiger partial charge in [0.2, 0.25) is 5.91 Å². The zero-order chi connectivity index (χ0) is 31.5. The summed E-state index contributed by atoms with van der Waals surface area (Å²) < 4.78 is 2.70. The number of amides is 1. The van der Waals surface area contributed by atoms with Gasteiger partial charge in [0, 0.05) is 17.1 Å². The van der Waals surface area contributed by atoms with Gasteiger partial charge in [0.05, 0.1) is 27.6 Å². The summed E-state index contributed by atoms with van der Waals surface area (Å²) in [4.78, 5) is 26.6. The van der Waals surface area contributed by atoms with Crippen LogP contribution in [0.1, 0.15) is 89.7 Å². The first-order chi connectivity index (χ1) is 21.3. The lowest BCUT2D eigenvalue weighted by atomic mass is 10.1. The van der Waals surface area contributed by atoms with Crippen molar-refractivity contribution in [3.8, 4) is 11.4 Å². The van der Waals surface area contributed by atoms with Crippen LogP contribution in [0.15, 0.2) is 53.5 Å². The normalized spacial score (nSPS) is 11.2. The number of aromatic amines is 1. The number of hydrogen-bond donors (Lipinski definition) is 3. The standard InChI is InChI=1S/C33H41Cl3N6O2/c1-3-4-5-6-7-8-9-10-11-12-16-19-29(43)38-28-22-41(39-23(28)2)31-32(37-25-17-14-13-15-18-25)40-42(33(31)44)30-26(35)20-24(34)21-27(30)36/h13-15,17-18,20-22,37,40H,3-12,16,19H2,1-2H3,(H,38,43). The van der Waals surface area contributed by atoms with Gasteiger partial charge in [-0.25, -0.2) is 9.36 Å². The van der Waals surface area contributed by atoms with Crippen molar-refractivity contribution in [1.29, 1.82) is 0 Å². The number of carbonyl (C=O) groups is 1. The highest BCUT2D eigenvalue weighted by Gasteiger charge is 2.23. The molecule has 4 aromatic rings. The molecule has 44 heavy (non-hydrogen) atoms. The molecule has 1 amide bonds. The average Bonchev–Trinajstić information content (AvgIpc) is 3.49. The molecule has 2 aromatic heterocycles. The molecule has 0 bridgehead atoms. The first-order valence-corrected chi connectivity index (χ1v) is 16.6. The van der Waals surface area contributed by atoms with Gasteiger partial charge in [-0.15, -0.1) is 0 Å². The van der Waals surface area contributed by atoms with Crippen molar-refractivity contribution in [3.05, 3.63) is 79.8 Å². The maximum Gasteiger partial charge on any atom is 0.299 e. The van der Waals surface area contributed by atoms with E-state index in [-0.39, 0.29) is 27.3 Å². The van der Waals surface area contributed by atoms with E-state index < -0.39 is 5.56 Å². The summed E-state index contributed by atoms with van der Waals surface area (Å²) in [5.41, 5.74) is 1.88. The van der Waals surface area contributed by atoms with Crippen molar-refractivity contribution in [1.82, 2.24) is 19.6 Å². The summed E-state index contributed by atoms with van der Waals surface area (Å²) in [6, 6.07) is 12.4. The van der Waals surface area contributed by atoms with Crippen LogP contribution in [0.3, 0.4) is 0 Å². The minimum Gasteiger partial charge on any atom is -0.339 e. The first kappa shape index (κ1) is 33.7. The number of rotatable bonds is 17. The maximum atomic E-state index is 13.8. The zero-order valence-electron chi connectivity index (χ0n) is 25.4. The van der Waals surface area contributed by atoms with E-state index in [9.17, 15) is 9.59 Å². The third-order valence-electron chi connectivity index (χ3n) is 7.52. The molecule has 0 aliphatic rings. The second kappa shape index (κ2) is 16.8. The zero-order valence-corrected chi connectivity index (χ0v) is 27.7. The number of hydrogen-bond acceptors (Lipinski definition) is 4. The topological polar surface area (TPSA) is 96.7 Å². The minimum absolute atomic E-state index is 0.0718. The number of halogens is 3. The Balaban J connectivity index is 1.43. The smallest absolute Gasteiger partial charge is 0.299 e. The number of nitrogens with zero attached hydrogens (tertiary/aromatic N) is 3. The fraction of sp³-hybridized carbons (Fsp3) is 0.424. The maximum absolute atomic E-state index is 13.8. The number of aryl methyl sites for hydroxylation is 1. The molecule has 3 N–H and O–H groups in total. The Labute approximate surface area is 274 Å². The Hall–Kier alpha value is -3.20. The molecule has 0 spiro atoms. The molecule has 0 aliphatic heterocycles. The number of aromatic nitrogens is 4. The molecule has 2 aromatic carbocycles. The van der Waals surface area contributed by atoms with Gasteiger partial charge in [-0.2, -0.15) is 5.10 Å². The molecular formula is C33H41Cl3N6O2. The number of benzene rings is 2. The van der Waals surface area contributed by atoms with Gasteiger partial charge in [0.1, 0.15) is 5.69 Å². The van der Waals surface area contributed by atoms with Crippen LogP contribution in [0.2, 0.25) is 15.1 Å². The van der Waals surface area contributed by atoms with E-state index >= 15 is 0 Å². The predicted octanol–water partition coefficient (Wildman–Crippen LogP) is 10.0. The largest absolute Gasteiger partial charge is 0.339 e. The molecule has 0 aliphatic carbocycles. The van der Waals surface area contributed by atoms with E-state index in [2.05, 4.69) is 27.8 Å². The van der Waals surface area contributed by atoms with Crippen LogP contribution in [0.4, 0.5) is 17.2 Å². The fourth-order valence-corrected chi connectivity index (χ4v) is 6.15. The Morgan fingerprint density at radius 1 is 0.864 bits per heavy atom. The van der Waals surface area contributed by atoms with E-state index in [1.165, 1.54) is 72.9 Å². The molecule has 4 rings (SSSR count). The van der Waals surface area contributed by atoms with Crippen molar-refractivity contribution in [2.24, 2.45) is 0 Å². The number of nitrogens with one attached hydrogen (secondary N) is 3. The van der Waals surface area contributed by atoms with Crippen molar-refractivity contribution >= 4 is 57.9 Å². The summed E-state index contributed by atoms with van der Waals surface area (Å²) in [7, 11) is 0. The highest BCUT2D eigenvalue weighted by Crippen LogP contribution is 2.33. The number of unbranched alkanes of at least 4 members (excludes halogenated alkanes) is 10. The SMILES string of the molecule is CCCCCCCCCCCCCC(=O)Nc1cn(-c2c(Nc3ccccc3)[nH]n(-c3c(Cl)cc(Cl)cc3Cl)c2=O)nc1C. The summed E-state index contributed by atoms with van der Waals surface area (Å²) in [5, 5.41) is 14.6. The molecular weight excluding hydrogens is 619 g/mol. The first-order valence-electron chi connectivity index (χ1n) is 15.5. The summed E-state index contributed by atoms with van der Waals surface area (Å²) in [5.74, 6) is 0.294. The van der Waals surface area contributed by atoms with Crippen LogP contribution in [0, 0.1) is 6.92 Å². The van der Waals surface area contributed by atoms with E-state index in [1.807, 2.05) is 30.3 Å².